The van der Waals surface area contributed by atoms with E-state index in [4.69, 9.17) is 9.47 Å². The van der Waals surface area contributed by atoms with Crippen molar-refractivity contribution in [3.05, 3.63) is 53.7 Å². The van der Waals surface area contributed by atoms with Crippen LogP contribution in [0.5, 0.6) is 5.75 Å². The molecule has 3 rings (SSSR count). The van der Waals surface area contributed by atoms with E-state index in [0.717, 1.165) is 17.7 Å². The van der Waals surface area contributed by atoms with E-state index in [1.807, 2.05) is 36.9 Å². The average Bonchev–Trinajstić information content (AvgIpc) is 2.73. The molecule has 7 nitrogen and oxygen atoms in total. The van der Waals surface area contributed by atoms with E-state index >= 15 is 0 Å². The molecule has 2 aromatic rings. The minimum absolute atomic E-state index is 0.139. The van der Waals surface area contributed by atoms with Crippen molar-refractivity contribution in [2.45, 2.75) is 33.3 Å². The minimum atomic E-state index is -0.139. The Kier molecular flexibility index (Phi) is 7.79. The third-order valence-corrected chi connectivity index (χ3v) is 4.91. The summed E-state index contributed by atoms with van der Waals surface area (Å²) in [7, 11) is 0. The van der Waals surface area contributed by atoms with Gasteiger partial charge in [-0.15, -0.1) is 5.10 Å². The highest BCUT2D eigenvalue weighted by atomic mass is 16.5. The van der Waals surface area contributed by atoms with Gasteiger partial charge in [-0.2, -0.15) is 5.10 Å². The Morgan fingerprint density at radius 1 is 1.30 bits per heavy atom. The van der Waals surface area contributed by atoms with Crippen molar-refractivity contribution in [1.82, 2.24) is 15.1 Å². The predicted octanol–water partition coefficient (Wildman–Crippen LogP) is 4.24. The van der Waals surface area contributed by atoms with E-state index < -0.39 is 0 Å². The minimum Gasteiger partial charge on any atom is -0.491 e. The van der Waals surface area contributed by atoms with Crippen molar-refractivity contribution in [1.29, 1.82) is 0 Å². The molecule has 0 bridgehead atoms. The predicted molar refractivity (Wildman–Crippen MR) is 117 cm³/mol. The Morgan fingerprint density at radius 3 is 2.90 bits per heavy atom. The summed E-state index contributed by atoms with van der Waals surface area (Å²) in [6.45, 7) is 8.62. The van der Waals surface area contributed by atoms with Gasteiger partial charge in [0.25, 0.3) is 0 Å². The van der Waals surface area contributed by atoms with Crippen LogP contribution in [-0.2, 0) is 4.74 Å². The lowest BCUT2D eigenvalue weighted by Crippen LogP contribution is -2.42. The first-order chi connectivity index (χ1) is 14.5. The number of benzene rings is 1. The van der Waals surface area contributed by atoms with Crippen LogP contribution >= 0.6 is 0 Å². The lowest BCUT2D eigenvalue weighted by atomic mass is 9.91. The number of nitrogens with zero attached hydrogens (tertiary/aromatic N) is 3. The normalized spacial score (nSPS) is 17.9. The van der Waals surface area contributed by atoms with E-state index in [1.165, 1.54) is 5.57 Å². The van der Waals surface area contributed by atoms with Crippen LogP contribution in [0.1, 0.15) is 32.8 Å². The number of hydrogen-bond acceptors (Lipinski definition) is 5. The summed E-state index contributed by atoms with van der Waals surface area (Å²) in [4.78, 5) is 14.3. The van der Waals surface area contributed by atoms with Crippen LogP contribution in [0.3, 0.4) is 0 Å². The van der Waals surface area contributed by atoms with Crippen molar-refractivity contribution in [3.8, 4) is 5.75 Å². The Morgan fingerprint density at radius 2 is 2.17 bits per heavy atom. The molecule has 160 valence electrons. The fraction of sp³-hybridized carbons (Fsp3) is 0.435. The van der Waals surface area contributed by atoms with Gasteiger partial charge in [-0.1, -0.05) is 30.7 Å². The Labute approximate surface area is 178 Å². The van der Waals surface area contributed by atoms with Gasteiger partial charge in [-0.05, 0) is 56.0 Å². The molecule has 7 heteroatoms. The van der Waals surface area contributed by atoms with Crippen molar-refractivity contribution in [3.63, 3.8) is 0 Å². The summed E-state index contributed by atoms with van der Waals surface area (Å²) >= 11 is 0. The van der Waals surface area contributed by atoms with E-state index in [1.54, 1.807) is 18.3 Å². The second-order valence-corrected chi connectivity index (χ2v) is 7.70. The van der Waals surface area contributed by atoms with Gasteiger partial charge in [0.15, 0.2) is 5.82 Å². The average molecular weight is 411 g/mol. The van der Waals surface area contributed by atoms with Gasteiger partial charge >= 0.3 is 6.03 Å². The molecule has 1 aromatic heterocycles. The van der Waals surface area contributed by atoms with Crippen molar-refractivity contribution in [2.75, 3.05) is 31.6 Å². The highest BCUT2D eigenvalue weighted by molar-refractivity contribution is 5.88. The van der Waals surface area contributed by atoms with Crippen LogP contribution < -0.4 is 10.1 Å². The van der Waals surface area contributed by atoms with Crippen LogP contribution in [-0.4, -0.2) is 53.5 Å². The number of carbonyl (C=O) groups is 1. The van der Waals surface area contributed by atoms with E-state index in [0.29, 0.717) is 32.1 Å². The quantitative estimate of drug-likeness (QED) is 0.691. The van der Waals surface area contributed by atoms with Crippen LogP contribution in [0.4, 0.5) is 10.6 Å². The monoisotopic (exact) mass is 410 g/mol. The van der Waals surface area contributed by atoms with Crippen molar-refractivity contribution >= 4 is 17.9 Å². The third kappa shape index (κ3) is 6.56. The van der Waals surface area contributed by atoms with Crippen molar-refractivity contribution < 1.29 is 14.3 Å². The molecule has 0 aliphatic carbocycles. The number of likely N-dealkylation sites (tertiary alicyclic amines) is 1. The number of amides is 2. The highest BCUT2D eigenvalue weighted by Gasteiger charge is 2.24. The maximum absolute atomic E-state index is 12.5. The maximum Gasteiger partial charge on any atom is 0.323 e. The first-order valence-corrected chi connectivity index (χ1v) is 10.4. The largest absolute Gasteiger partial charge is 0.491 e. The topological polar surface area (TPSA) is 76.6 Å². The SMILES string of the molecule is CC(C)OCCOc1cccc(C=C2CCN(C(=O)Nc3cccnn3)CC2C)c1. The van der Waals surface area contributed by atoms with Crippen LogP contribution in [0.2, 0.25) is 0 Å². The van der Waals surface area contributed by atoms with E-state index in [-0.39, 0.29) is 18.1 Å². The van der Waals surface area contributed by atoms with Gasteiger partial charge in [0.1, 0.15) is 12.4 Å². The number of carbonyl (C=O) groups excluding carboxylic acids is 1. The number of urea groups is 1. The van der Waals surface area contributed by atoms with Crippen LogP contribution in [0, 0.1) is 5.92 Å². The number of nitrogens with one attached hydrogen (secondary N) is 1. The van der Waals surface area contributed by atoms with E-state index in [9.17, 15) is 4.79 Å². The molecule has 0 spiro atoms. The molecule has 0 radical (unpaired) electrons. The smallest absolute Gasteiger partial charge is 0.323 e. The molecule has 2 amide bonds. The molecular formula is C23H30N4O3. The molecule has 30 heavy (non-hydrogen) atoms. The molecule has 1 saturated heterocycles. The number of anilines is 1. The number of hydrogen-bond donors (Lipinski definition) is 1. The molecule has 1 unspecified atom stereocenters. The van der Waals surface area contributed by atoms with Gasteiger partial charge < -0.3 is 14.4 Å². The summed E-state index contributed by atoms with van der Waals surface area (Å²) in [5, 5.41) is 10.5. The summed E-state index contributed by atoms with van der Waals surface area (Å²) in [6, 6.07) is 11.4. The van der Waals surface area contributed by atoms with Crippen molar-refractivity contribution in [2.24, 2.45) is 5.92 Å². The van der Waals surface area contributed by atoms with Gasteiger partial charge in [0.05, 0.1) is 12.7 Å². The number of piperidine rings is 1. The Bertz CT molecular complexity index is 855. The van der Waals surface area contributed by atoms with Gasteiger partial charge in [0.2, 0.25) is 0 Å². The zero-order valence-electron chi connectivity index (χ0n) is 17.9. The lowest BCUT2D eigenvalue weighted by Gasteiger charge is -2.33. The zero-order chi connectivity index (χ0) is 21.3. The molecular weight excluding hydrogens is 380 g/mol. The Balaban J connectivity index is 1.55. The number of rotatable bonds is 7. The van der Waals surface area contributed by atoms with Crippen LogP contribution in [0.25, 0.3) is 6.08 Å². The second-order valence-electron chi connectivity index (χ2n) is 7.70. The summed E-state index contributed by atoms with van der Waals surface area (Å²) in [5.41, 5.74) is 2.44. The molecule has 1 fully saturated rings. The molecule has 1 atom stereocenters. The number of ether oxygens (including phenoxy) is 2. The Hall–Kier alpha value is -2.93. The summed E-state index contributed by atoms with van der Waals surface area (Å²) in [5.74, 6) is 1.58. The second kappa shape index (κ2) is 10.7. The number of aromatic nitrogens is 2. The summed E-state index contributed by atoms with van der Waals surface area (Å²) in [6.07, 6.45) is 4.83. The van der Waals surface area contributed by atoms with Gasteiger partial charge in [0, 0.05) is 19.3 Å². The molecule has 1 N–H and O–H groups in total. The maximum atomic E-state index is 12.5. The third-order valence-electron chi connectivity index (χ3n) is 4.91. The molecule has 1 aromatic carbocycles. The molecule has 2 heterocycles. The van der Waals surface area contributed by atoms with E-state index in [2.05, 4.69) is 34.6 Å². The first kappa shape index (κ1) is 21.8. The fourth-order valence-corrected chi connectivity index (χ4v) is 3.36. The molecule has 0 saturated carbocycles. The molecule has 1 aliphatic heterocycles. The fourth-order valence-electron chi connectivity index (χ4n) is 3.36. The van der Waals surface area contributed by atoms with Gasteiger partial charge in [-0.25, -0.2) is 4.79 Å². The highest BCUT2D eigenvalue weighted by Crippen LogP contribution is 2.26. The van der Waals surface area contributed by atoms with Crippen LogP contribution in [0.15, 0.2) is 48.2 Å². The lowest BCUT2D eigenvalue weighted by molar-refractivity contribution is 0.0552. The molecule has 1 aliphatic rings. The van der Waals surface area contributed by atoms with Gasteiger partial charge in [-0.3, -0.25) is 5.32 Å². The summed E-state index contributed by atoms with van der Waals surface area (Å²) < 4.78 is 11.3. The standard InChI is InChI=1S/C23H30N4O3/c1-17(2)29-12-13-30-21-7-4-6-19(15-21)14-20-9-11-27(16-18(20)3)23(28)25-22-8-5-10-24-26-22/h4-8,10,14-15,17-18H,9,11-13,16H2,1-3H3,(H,25,26,28). The first-order valence-electron chi connectivity index (χ1n) is 10.4. The zero-order valence-corrected chi connectivity index (χ0v) is 17.9.